The number of hydrogen-bond acceptors (Lipinski definition) is 7. The van der Waals surface area contributed by atoms with Gasteiger partial charge in [-0.3, -0.25) is 0 Å². The van der Waals surface area contributed by atoms with E-state index in [1.54, 1.807) is 4.68 Å². The maximum atomic E-state index is 5.34. The SMILES string of the molecule is Cc1cccc(-c2noc(CNc3cccc(-n4nnnc4C)c3)n2)c1. The van der Waals surface area contributed by atoms with Crippen molar-refractivity contribution < 1.29 is 4.52 Å². The van der Waals surface area contributed by atoms with Crippen molar-refractivity contribution in [3.05, 3.63) is 65.8 Å². The maximum absolute atomic E-state index is 5.34. The van der Waals surface area contributed by atoms with E-state index in [2.05, 4.69) is 31.0 Å². The van der Waals surface area contributed by atoms with Crippen molar-refractivity contribution in [3.8, 4) is 17.1 Å². The number of rotatable bonds is 5. The second kappa shape index (κ2) is 6.75. The molecule has 0 atom stereocenters. The summed E-state index contributed by atoms with van der Waals surface area (Å²) in [6.07, 6.45) is 0. The minimum absolute atomic E-state index is 0.427. The van der Waals surface area contributed by atoms with E-state index in [9.17, 15) is 0 Å². The molecule has 0 radical (unpaired) electrons. The molecule has 4 aromatic rings. The Bertz CT molecular complexity index is 1040. The molecule has 1 N–H and O–H groups in total. The van der Waals surface area contributed by atoms with E-state index in [0.717, 1.165) is 28.3 Å². The summed E-state index contributed by atoms with van der Waals surface area (Å²) in [5.41, 5.74) is 3.88. The van der Waals surface area contributed by atoms with Gasteiger partial charge in [0.05, 0.1) is 12.2 Å². The third-order valence-corrected chi connectivity index (χ3v) is 3.90. The van der Waals surface area contributed by atoms with Crippen LogP contribution in [-0.4, -0.2) is 30.3 Å². The molecule has 0 fully saturated rings. The Morgan fingerprint density at radius 1 is 1.08 bits per heavy atom. The number of anilines is 1. The van der Waals surface area contributed by atoms with Gasteiger partial charge < -0.3 is 9.84 Å². The highest BCUT2D eigenvalue weighted by molar-refractivity contribution is 5.55. The Labute approximate surface area is 149 Å². The summed E-state index contributed by atoms with van der Waals surface area (Å²) >= 11 is 0. The van der Waals surface area contributed by atoms with Gasteiger partial charge in [-0.1, -0.05) is 35.0 Å². The van der Waals surface area contributed by atoms with Gasteiger partial charge in [-0.25, -0.2) is 0 Å². The number of aryl methyl sites for hydroxylation is 2. The zero-order chi connectivity index (χ0) is 17.9. The molecule has 0 spiro atoms. The maximum Gasteiger partial charge on any atom is 0.246 e. The van der Waals surface area contributed by atoms with Gasteiger partial charge in [0.2, 0.25) is 11.7 Å². The highest BCUT2D eigenvalue weighted by Gasteiger charge is 2.09. The summed E-state index contributed by atoms with van der Waals surface area (Å²) in [4.78, 5) is 4.45. The molecule has 0 saturated carbocycles. The summed E-state index contributed by atoms with van der Waals surface area (Å²) in [5.74, 6) is 1.83. The van der Waals surface area contributed by atoms with E-state index in [4.69, 9.17) is 4.52 Å². The van der Waals surface area contributed by atoms with Gasteiger partial charge in [-0.2, -0.15) is 9.67 Å². The Hall–Kier alpha value is -3.55. The predicted octanol–water partition coefficient (Wildman–Crippen LogP) is 2.94. The zero-order valence-corrected chi connectivity index (χ0v) is 14.4. The molecule has 2 heterocycles. The van der Waals surface area contributed by atoms with Gasteiger partial charge in [0, 0.05) is 11.3 Å². The molecule has 8 heteroatoms. The average Bonchev–Trinajstić information content (AvgIpc) is 3.29. The van der Waals surface area contributed by atoms with Gasteiger partial charge in [-0.15, -0.1) is 5.10 Å². The lowest BCUT2D eigenvalue weighted by molar-refractivity contribution is 0.384. The molecular weight excluding hydrogens is 330 g/mol. The van der Waals surface area contributed by atoms with Crippen LogP contribution in [0.3, 0.4) is 0 Å². The number of nitrogens with zero attached hydrogens (tertiary/aromatic N) is 6. The topological polar surface area (TPSA) is 94.6 Å². The fourth-order valence-electron chi connectivity index (χ4n) is 2.62. The van der Waals surface area contributed by atoms with E-state index >= 15 is 0 Å². The van der Waals surface area contributed by atoms with Crippen LogP contribution in [0, 0.1) is 13.8 Å². The van der Waals surface area contributed by atoms with Gasteiger partial charge in [-0.05, 0) is 48.5 Å². The van der Waals surface area contributed by atoms with Crippen molar-refractivity contribution in [1.82, 2.24) is 30.3 Å². The first-order valence-electron chi connectivity index (χ1n) is 8.18. The predicted molar refractivity (Wildman–Crippen MR) is 95.7 cm³/mol. The Balaban J connectivity index is 1.47. The van der Waals surface area contributed by atoms with Crippen LogP contribution in [0.5, 0.6) is 0 Å². The molecule has 0 aliphatic heterocycles. The minimum atomic E-state index is 0.427. The monoisotopic (exact) mass is 347 g/mol. The number of hydrogen-bond donors (Lipinski definition) is 1. The zero-order valence-electron chi connectivity index (χ0n) is 14.4. The molecule has 4 rings (SSSR count). The van der Waals surface area contributed by atoms with E-state index in [1.807, 2.05) is 62.4 Å². The lowest BCUT2D eigenvalue weighted by atomic mass is 10.1. The van der Waals surface area contributed by atoms with E-state index in [-0.39, 0.29) is 0 Å². The second-order valence-electron chi connectivity index (χ2n) is 5.92. The minimum Gasteiger partial charge on any atom is -0.376 e. The molecule has 0 saturated heterocycles. The Morgan fingerprint density at radius 2 is 1.96 bits per heavy atom. The average molecular weight is 347 g/mol. The summed E-state index contributed by atoms with van der Waals surface area (Å²) in [5, 5.41) is 18.9. The summed E-state index contributed by atoms with van der Waals surface area (Å²) in [7, 11) is 0. The van der Waals surface area contributed by atoms with E-state index in [1.165, 1.54) is 0 Å². The second-order valence-corrected chi connectivity index (χ2v) is 5.92. The highest BCUT2D eigenvalue weighted by atomic mass is 16.5. The molecule has 130 valence electrons. The highest BCUT2D eigenvalue weighted by Crippen LogP contribution is 2.18. The van der Waals surface area contributed by atoms with E-state index < -0.39 is 0 Å². The molecule has 0 unspecified atom stereocenters. The molecule has 0 aliphatic carbocycles. The normalized spacial score (nSPS) is 10.8. The molecular formula is C18H17N7O. The number of benzene rings is 2. The lowest BCUT2D eigenvalue weighted by Gasteiger charge is -2.06. The fraction of sp³-hybridized carbons (Fsp3) is 0.167. The standard InChI is InChI=1S/C18H17N7O/c1-12-5-3-6-14(9-12)18-20-17(26-22-18)11-19-15-7-4-8-16(10-15)25-13(2)21-23-24-25/h3-10,19H,11H2,1-2H3. The Morgan fingerprint density at radius 3 is 2.77 bits per heavy atom. The summed E-state index contributed by atoms with van der Waals surface area (Å²) in [6.45, 7) is 4.31. The molecule has 0 amide bonds. The lowest BCUT2D eigenvalue weighted by Crippen LogP contribution is -2.03. The van der Waals surface area contributed by atoms with Crippen molar-refractivity contribution in [1.29, 1.82) is 0 Å². The molecule has 8 nitrogen and oxygen atoms in total. The fourth-order valence-corrected chi connectivity index (χ4v) is 2.62. The third-order valence-electron chi connectivity index (χ3n) is 3.90. The first-order valence-corrected chi connectivity index (χ1v) is 8.18. The number of nitrogens with one attached hydrogen (secondary N) is 1. The van der Waals surface area contributed by atoms with Crippen molar-refractivity contribution in [2.45, 2.75) is 20.4 Å². The van der Waals surface area contributed by atoms with Crippen molar-refractivity contribution in [2.75, 3.05) is 5.32 Å². The van der Waals surface area contributed by atoms with Crippen LogP contribution >= 0.6 is 0 Å². The number of tetrazole rings is 1. The van der Waals surface area contributed by atoms with Crippen LogP contribution in [0.1, 0.15) is 17.3 Å². The van der Waals surface area contributed by atoms with Gasteiger partial charge >= 0.3 is 0 Å². The first kappa shape index (κ1) is 15.9. The van der Waals surface area contributed by atoms with Crippen LogP contribution < -0.4 is 5.32 Å². The van der Waals surface area contributed by atoms with Crippen molar-refractivity contribution in [3.63, 3.8) is 0 Å². The largest absolute Gasteiger partial charge is 0.376 e. The smallest absolute Gasteiger partial charge is 0.246 e. The van der Waals surface area contributed by atoms with Crippen LogP contribution in [-0.2, 0) is 6.54 Å². The summed E-state index contributed by atoms with van der Waals surface area (Å²) in [6, 6.07) is 15.8. The van der Waals surface area contributed by atoms with Crippen LogP contribution in [0.2, 0.25) is 0 Å². The van der Waals surface area contributed by atoms with Crippen LogP contribution in [0.15, 0.2) is 53.1 Å². The molecule has 26 heavy (non-hydrogen) atoms. The molecule has 0 aliphatic rings. The van der Waals surface area contributed by atoms with Gasteiger partial charge in [0.15, 0.2) is 5.82 Å². The van der Waals surface area contributed by atoms with Gasteiger partial charge in [0.25, 0.3) is 0 Å². The van der Waals surface area contributed by atoms with E-state index in [0.29, 0.717) is 18.3 Å². The molecule has 0 bridgehead atoms. The van der Waals surface area contributed by atoms with Crippen LogP contribution in [0.25, 0.3) is 17.1 Å². The molecule has 2 aromatic heterocycles. The third kappa shape index (κ3) is 3.30. The number of aromatic nitrogens is 6. The van der Waals surface area contributed by atoms with Gasteiger partial charge in [0.1, 0.15) is 0 Å². The molecule has 2 aromatic carbocycles. The first-order chi connectivity index (χ1) is 12.7. The summed E-state index contributed by atoms with van der Waals surface area (Å²) < 4.78 is 7.02. The van der Waals surface area contributed by atoms with Crippen molar-refractivity contribution >= 4 is 5.69 Å². The van der Waals surface area contributed by atoms with Crippen molar-refractivity contribution in [2.24, 2.45) is 0 Å². The quantitative estimate of drug-likeness (QED) is 0.593. The Kier molecular flexibility index (Phi) is 4.14. The van der Waals surface area contributed by atoms with Crippen LogP contribution in [0.4, 0.5) is 5.69 Å².